The van der Waals surface area contributed by atoms with Gasteiger partial charge in [-0.3, -0.25) is 15.0 Å². The van der Waals surface area contributed by atoms with E-state index in [2.05, 4.69) is 10.3 Å². The maximum atomic E-state index is 14.5. The van der Waals surface area contributed by atoms with Crippen molar-refractivity contribution in [1.29, 1.82) is 5.41 Å². The first-order chi connectivity index (χ1) is 15.2. The predicted molar refractivity (Wildman–Crippen MR) is 127 cm³/mol. The Morgan fingerprint density at radius 1 is 1.12 bits per heavy atom. The number of ether oxygens (including phenoxy) is 1. The molecule has 0 aliphatic carbocycles. The van der Waals surface area contributed by atoms with Gasteiger partial charge in [0.25, 0.3) is 5.91 Å². The SMILES string of the molecule is C.COc1cc(Cl)cc(C(=O)Nc2ccc(Cl)cn2)c1CC(=O)c1ccc(C(=N)N)cc1F. The van der Waals surface area contributed by atoms with E-state index >= 15 is 0 Å². The topological polar surface area (TPSA) is 118 Å². The van der Waals surface area contributed by atoms with E-state index in [1.807, 2.05) is 0 Å². The van der Waals surface area contributed by atoms with E-state index in [4.69, 9.17) is 39.1 Å². The normalized spacial score (nSPS) is 10.2. The zero-order valence-electron chi connectivity index (χ0n) is 16.7. The number of pyridine rings is 1. The molecule has 0 fully saturated rings. The number of halogens is 3. The van der Waals surface area contributed by atoms with Crippen LogP contribution in [0.25, 0.3) is 0 Å². The summed E-state index contributed by atoms with van der Waals surface area (Å²) in [4.78, 5) is 29.8. The highest BCUT2D eigenvalue weighted by atomic mass is 35.5. The van der Waals surface area contributed by atoms with Gasteiger partial charge in [-0.25, -0.2) is 9.37 Å². The molecule has 3 rings (SSSR count). The van der Waals surface area contributed by atoms with Crippen LogP contribution < -0.4 is 15.8 Å². The number of nitrogens with two attached hydrogens (primary N) is 1. The zero-order chi connectivity index (χ0) is 23.4. The molecular weight excluding hydrogens is 470 g/mol. The molecule has 10 heteroatoms. The van der Waals surface area contributed by atoms with Crippen molar-refractivity contribution in [1.82, 2.24) is 4.98 Å². The number of aromatic nitrogens is 1. The molecule has 1 aromatic heterocycles. The molecule has 33 heavy (non-hydrogen) atoms. The minimum atomic E-state index is -0.827. The molecular formula is C23H21Cl2FN4O3. The van der Waals surface area contributed by atoms with Crippen LogP contribution in [0.3, 0.4) is 0 Å². The maximum Gasteiger partial charge on any atom is 0.257 e. The fourth-order valence-electron chi connectivity index (χ4n) is 2.98. The number of carbonyl (C=O) groups excluding carboxylic acids is 2. The number of carbonyl (C=O) groups is 2. The Bertz CT molecular complexity index is 1220. The van der Waals surface area contributed by atoms with Crippen molar-refractivity contribution >= 4 is 46.5 Å². The van der Waals surface area contributed by atoms with Gasteiger partial charge < -0.3 is 15.8 Å². The molecule has 4 N–H and O–H groups in total. The third-order valence-corrected chi connectivity index (χ3v) is 4.97. The quantitative estimate of drug-likeness (QED) is 0.241. The molecule has 3 aromatic rings. The van der Waals surface area contributed by atoms with Gasteiger partial charge in [-0.1, -0.05) is 36.7 Å². The summed E-state index contributed by atoms with van der Waals surface area (Å²) in [5.74, 6) is -1.90. The molecule has 0 saturated carbocycles. The third-order valence-electron chi connectivity index (χ3n) is 4.53. The highest BCUT2D eigenvalue weighted by Gasteiger charge is 2.22. The number of nitrogens with zero attached hydrogens (tertiary/aromatic N) is 1. The van der Waals surface area contributed by atoms with Crippen LogP contribution in [0.15, 0.2) is 48.7 Å². The van der Waals surface area contributed by atoms with Crippen molar-refractivity contribution in [3.63, 3.8) is 0 Å². The number of methoxy groups -OCH3 is 1. The fourth-order valence-corrected chi connectivity index (χ4v) is 3.30. The van der Waals surface area contributed by atoms with E-state index < -0.39 is 17.5 Å². The Balaban J connectivity index is 0.00000385. The second-order valence-electron chi connectivity index (χ2n) is 6.66. The second-order valence-corrected chi connectivity index (χ2v) is 7.53. The first kappa shape index (κ1) is 25.8. The molecule has 172 valence electrons. The monoisotopic (exact) mass is 490 g/mol. The Morgan fingerprint density at radius 3 is 2.42 bits per heavy atom. The van der Waals surface area contributed by atoms with Crippen LogP contribution in [0, 0.1) is 11.2 Å². The number of anilines is 1. The molecule has 0 radical (unpaired) electrons. The first-order valence-corrected chi connectivity index (χ1v) is 9.91. The highest BCUT2D eigenvalue weighted by Crippen LogP contribution is 2.30. The standard InChI is InChI=1S/C22H17Cl2FN4O3.CH4/c1-32-19-8-13(24)7-16(22(31)29-20-5-3-12(23)10-28-20)15(19)9-18(30)14-4-2-11(21(26)27)6-17(14)25;/h2-8,10H,9H2,1H3,(H3,26,27)(H,28,29,31);1H4. The summed E-state index contributed by atoms with van der Waals surface area (Å²) in [6.07, 6.45) is 1.03. The van der Waals surface area contributed by atoms with Crippen LogP contribution in [0.4, 0.5) is 10.2 Å². The Labute approximate surface area is 200 Å². The van der Waals surface area contributed by atoms with Gasteiger partial charge in [0.2, 0.25) is 0 Å². The van der Waals surface area contributed by atoms with Gasteiger partial charge in [0, 0.05) is 34.3 Å². The van der Waals surface area contributed by atoms with Crippen molar-refractivity contribution in [2.24, 2.45) is 5.73 Å². The number of nitrogen functional groups attached to an aromatic ring is 1. The number of benzene rings is 2. The summed E-state index contributed by atoms with van der Waals surface area (Å²) in [5, 5.41) is 10.6. The molecule has 0 atom stereocenters. The first-order valence-electron chi connectivity index (χ1n) is 9.16. The van der Waals surface area contributed by atoms with Crippen LogP contribution in [0.1, 0.15) is 39.3 Å². The van der Waals surface area contributed by atoms with Crippen molar-refractivity contribution in [3.05, 3.63) is 86.8 Å². The number of hydrogen-bond donors (Lipinski definition) is 3. The van der Waals surface area contributed by atoms with E-state index in [0.717, 1.165) is 6.07 Å². The van der Waals surface area contributed by atoms with Crippen LogP contribution in [0.2, 0.25) is 10.0 Å². The summed E-state index contributed by atoms with van der Waals surface area (Å²) < 4.78 is 19.8. The van der Waals surface area contributed by atoms with Crippen molar-refractivity contribution in [3.8, 4) is 5.75 Å². The minimum absolute atomic E-state index is 0. The summed E-state index contributed by atoms with van der Waals surface area (Å²) >= 11 is 11.9. The maximum absolute atomic E-state index is 14.5. The number of rotatable bonds is 7. The van der Waals surface area contributed by atoms with Crippen molar-refractivity contribution in [2.45, 2.75) is 13.8 Å². The number of amidine groups is 1. The molecule has 0 spiro atoms. The van der Waals surface area contributed by atoms with Crippen LogP contribution in [0.5, 0.6) is 5.75 Å². The molecule has 1 amide bonds. The molecule has 0 unspecified atom stereocenters. The Morgan fingerprint density at radius 2 is 1.85 bits per heavy atom. The molecule has 0 aliphatic rings. The summed E-state index contributed by atoms with van der Waals surface area (Å²) in [5.41, 5.74) is 5.59. The van der Waals surface area contributed by atoms with Crippen LogP contribution in [-0.4, -0.2) is 29.6 Å². The largest absolute Gasteiger partial charge is 0.496 e. The van der Waals surface area contributed by atoms with Crippen molar-refractivity contribution in [2.75, 3.05) is 12.4 Å². The molecule has 1 heterocycles. The van der Waals surface area contributed by atoms with E-state index in [9.17, 15) is 14.0 Å². The lowest BCUT2D eigenvalue weighted by atomic mass is 9.96. The predicted octanol–water partition coefficient (Wildman–Crippen LogP) is 5.13. The van der Waals surface area contributed by atoms with Gasteiger partial charge in [-0.15, -0.1) is 0 Å². The lowest BCUT2D eigenvalue weighted by Gasteiger charge is -2.15. The van der Waals surface area contributed by atoms with Gasteiger partial charge in [0.15, 0.2) is 5.78 Å². The van der Waals surface area contributed by atoms with Crippen LogP contribution in [-0.2, 0) is 6.42 Å². The lowest BCUT2D eigenvalue weighted by molar-refractivity contribution is 0.0987. The molecule has 7 nitrogen and oxygen atoms in total. The van der Waals surface area contributed by atoms with Gasteiger partial charge >= 0.3 is 0 Å². The zero-order valence-corrected chi connectivity index (χ0v) is 18.2. The van der Waals surface area contributed by atoms with Gasteiger partial charge in [0.1, 0.15) is 23.2 Å². The van der Waals surface area contributed by atoms with Gasteiger partial charge in [-0.05, 0) is 36.4 Å². The molecule has 0 bridgehead atoms. The number of hydrogen-bond acceptors (Lipinski definition) is 5. The fraction of sp³-hybridized carbons (Fsp3) is 0.130. The average molecular weight is 491 g/mol. The van der Waals surface area contributed by atoms with E-state index in [0.29, 0.717) is 5.02 Å². The summed E-state index contributed by atoms with van der Waals surface area (Å²) in [6.45, 7) is 0. The summed E-state index contributed by atoms with van der Waals surface area (Å²) in [6, 6.07) is 9.53. The number of Topliss-reactive ketones (excluding diaryl/α,β-unsaturated/α-hetero) is 1. The smallest absolute Gasteiger partial charge is 0.257 e. The number of amides is 1. The molecule has 0 aliphatic heterocycles. The average Bonchev–Trinajstić information content (AvgIpc) is 2.75. The van der Waals surface area contributed by atoms with E-state index in [1.165, 1.54) is 43.6 Å². The summed E-state index contributed by atoms with van der Waals surface area (Å²) in [7, 11) is 1.37. The van der Waals surface area contributed by atoms with E-state index in [1.54, 1.807) is 6.07 Å². The van der Waals surface area contributed by atoms with Gasteiger partial charge in [0.05, 0.1) is 17.7 Å². The molecule has 2 aromatic carbocycles. The highest BCUT2D eigenvalue weighted by molar-refractivity contribution is 6.31. The minimum Gasteiger partial charge on any atom is -0.496 e. The number of ketones is 1. The Kier molecular flexibility index (Phi) is 8.50. The molecule has 0 saturated heterocycles. The van der Waals surface area contributed by atoms with Crippen LogP contribution >= 0.6 is 23.2 Å². The third kappa shape index (κ3) is 6.06. The lowest BCUT2D eigenvalue weighted by Crippen LogP contribution is -2.18. The number of nitrogens with one attached hydrogen (secondary N) is 2. The second kappa shape index (κ2) is 10.9. The van der Waals surface area contributed by atoms with E-state index in [-0.39, 0.29) is 58.5 Å². The van der Waals surface area contributed by atoms with Gasteiger partial charge in [-0.2, -0.15) is 0 Å². The Hall–Kier alpha value is -3.49. The van der Waals surface area contributed by atoms with Crippen molar-refractivity contribution < 1.29 is 18.7 Å².